The zero-order chi connectivity index (χ0) is 8.91. The third kappa shape index (κ3) is 7.45. The second-order valence-electron chi connectivity index (χ2n) is 1.72. The smallest absolute Gasteiger partial charge is 0.392 e. The molecule has 0 unspecified atom stereocenters. The van der Waals surface area contributed by atoms with Gasteiger partial charge in [-0.05, 0) is 0 Å². The van der Waals surface area contributed by atoms with E-state index in [4.69, 9.17) is 11.6 Å². The van der Waals surface area contributed by atoms with E-state index < -0.39 is 31.1 Å². The van der Waals surface area contributed by atoms with Crippen LogP contribution < -0.4 is 0 Å². The summed E-state index contributed by atoms with van der Waals surface area (Å²) < 4.78 is 38.2. The number of hydrogen-bond donors (Lipinski definition) is 0. The first kappa shape index (κ1) is 10.6. The highest BCUT2D eigenvalue weighted by Gasteiger charge is 2.27. The lowest BCUT2D eigenvalue weighted by atomic mass is 10.4. The summed E-state index contributed by atoms with van der Waals surface area (Å²) in [5.41, 5.74) is 0. The van der Waals surface area contributed by atoms with Gasteiger partial charge in [-0.1, -0.05) is 0 Å². The Morgan fingerprint density at radius 2 is 2.00 bits per heavy atom. The van der Waals surface area contributed by atoms with Crippen LogP contribution in [0.5, 0.6) is 0 Å². The summed E-state index contributed by atoms with van der Waals surface area (Å²) in [5, 5.41) is 0. The summed E-state index contributed by atoms with van der Waals surface area (Å²) in [6.07, 6.45) is -5.41. The lowest BCUT2D eigenvalue weighted by Gasteiger charge is -2.05. The Kier molecular flexibility index (Phi) is 4.25. The van der Waals surface area contributed by atoms with Crippen LogP contribution in [0.4, 0.5) is 13.2 Å². The highest BCUT2D eigenvalue weighted by molar-refractivity contribution is 6.26. The van der Waals surface area contributed by atoms with E-state index in [2.05, 4.69) is 4.74 Å². The van der Waals surface area contributed by atoms with Gasteiger partial charge in [0.05, 0.1) is 13.0 Å². The van der Waals surface area contributed by atoms with Gasteiger partial charge in [-0.15, -0.1) is 11.6 Å². The monoisotopic (exact) mass is 190 g/mol. The van der Waals surface area contributed by atoms with Crippen LogP contribution >= 0.6 is 11.6 Å². The van der Waals surface area contributed by atoms with Gasteiger partial charge in [0.1, 0.15) is 5.88 Å². The summed E-state index contributed by atoms with van der Waals surface area (Å²) in [7, 11) is 0. The Morgan fingerprint density at radius 3 is 2.36 bits per heavy atom. The topological polar surface area (TPSA) is 26.3 Å². The van der Waals surface area contributed by atoms with Gasteiger partial charge in [0.15, 0.2) is 0 Å². The molecule has 0 spiro atoms. The first-order chi connectivity index (χ1) is 4.95. The molecule has 0 atom stereocenters. The summed E-state index contributed by atoms with van der Waals surface area (Å²) >= 11 is 4.95. The predicted molar refractivity (Wildman–Crippen MR) is 32.4 cm³/mol. The summed E-state index contributed by atoms with van der Waals surface area (Å²) in [5.74, 6) is -1.26. The molecule has 0 radical (unpaired) electrons. The Bertz CT molecular complexity index is 134. The van der Waals surface area contributed by atoms with Crippen LogP contribution in [0.3, 0.4) is 0 Å². The van der Waals surface area contributed by atoms with E-state index in [9.17, 15) is 18.0 Å². The van der Waals surface area contributed by atoms with Crippen molar-refractivity contribution in [3.8, 4) is 0 Å². The molecule has 0 amide bonds. The van der Waals surface area contributed by atoms with Crippen molar-refractivity contribution >= 4 is 17.6 Å². The number of rotatable bonds is 3. The fourth-order valence-corrected chi connectivity index (χ4v) is 0.396. The SMILES string of the molecule is O=C(CCl)OCCC(F)(F)F. The zero-order valence-corrected chi connectivity index (χ0v) is 6.21. The molecule has 0 N–H and O–H groups in total. The fraction of sp³-hybridized carbons (Fsp3) is 0.800. The molecule has 0 aromatic carbocycles. The molecule has 0 aromatic rings. The molecule has 0 aliphatic rings. The maximum Gasteiger partial charge on any atom is 0.392 e. The molecule has 11 heavy (non-hydrogen) atoms. The molecule has 0 aliphatic carbocycles. The van der Waals surface area contributed by atoms with Crippen molar-refractivity contribution in [3.05, 3.63) is 0 Å². The molecule has 0 heterocycles. The number of hydrogen-bond acceptors (Lipinski definition) is 2. The van der Waals surface area contributed by atoms with Crippen molar-refractivity contribution in [2.75, 3.05) is 12.5 Å². The second kappa shape index (κ2) is 4.43. The van der Waals surface area contributed by atoms with Crippen LogP contribution in [0.2, 0.25) is 0 Å². The largest absolute Gasteiger partial charge is 0.464 e. The maximum atomic E-state index is 11.4. The summed E-state index contributed by atoms with van der Waals surface area (Å²) in [6.45, 7) is -0.658. The zero-order valence-electron chi connectivity index (χ0n) is 5.45. The molecule has 0 rings (SSSR count). The summed E-state index contributed by atoms with van der Waals surface area (Å²) in [4.78, 5) is 10.2. The van der Waals surface area contributed by atoms with Crippen LogP contribution in [0.25, 0.3) is 0 Å². The van der Waals surface area contributed by atoms with E-state index >= 15 is 0 Å². The first-order valence-corrected chi connectivity index (χ1v) is 3.27. The van der Waals surface area contributed by atoms with Crippen molar-refractivity contribution < 1.29 is 22.7 Å². The van der Waals surface area contributed by atoms with Crippen LogP contribution in [-0.4, -0.2) is 24.6 Å². The van der Waals surface area contributed by atoms with Crippen molar-refractivity contribution in [2.24, 2.45) is 0 Å². The molecule has 6 heteroatoms. The minimum absolute atomic E-state index is 0.419. The number of ether oxygens (including phenoxy) is 1. The summed E-state index contributed by atoms with van der Waals surface area (Å²) in [6, 6.07) is 0. The van der Waals surface area contributed by atoms with Crippen LogP contribution in [0.15, 0.2) is 0 Å². The van der Waals surface area contributed by atoms with E-state index in [1.807, 2.05) is 0 Å². The molecule has 0 bridgehead atoms. The average molecular weight is 191 g/mol. The van der Waals surface area contributed by atoms with Crippen LogP contribution in [-0.2, 0) is 9.53 Å². The minimum Gasteiger partial charge on any atom is -0.464 e. The van der Waals surface area contributed by atoms with Crippen molar-refractivity contribution in [1.29, 1.82) is 0 Å². The third-order valence-corrected chi connectivity index (χ3v) is 0.976. The van der Waals surface area contributed by atoms with Gasteiger partial charge in [0.25, 0.3) is 0 Å². The number of esters is 1. The quantitative estimate of drug-likeness (QED) is 0.500. The molecule has 0 aliphatic heterocycles. The minimum atomic E-state index is -4.29. The van der Waals surface area contributed by atoms with Gasteiger partial charge in [-0.3, -0.25) is 4.79 Å². The van der Waals surface area contributed by atoms with Gasteiger partial charge in [0.2, 0.25) is 0 Å². The Labute approximate surface area is 66.3 Å². The first-order valence-electron chi connectivity index (χ1n) is 2.74. The fourth-order valence-electron chi connectivity index (χ4n) is 0.319. The average Bonchev–Trinajstić information content (AvgIpc) is 1.85. The predicted octanol–water partition coefficient (Wildman–Crippen LogP) is 1.72. The third-order valence-electron chi connectivity index (χ3n) is 0.758. The number of carbonyl (C=O) groups excluding carboxylic acids is 1. The molecule has 66 valence electrons. The van der Waals surface area contributed by atoms with E-state index in [0.29, 0.717) is 0 Å². The lowest BCUT2D eigenvalue weighted by molar-refractivity contribution is -0.157. The highest BCUT2D eigenvalue weighted by Crippen LogP contribution is 2.18. The van der Waals surface area contributed by atoms with Gasteiger partial charge in [-0.2, -0.15) is 13.2 Å². The van der Waals surface area contributed by atoms with E-state index in [1.54, 1.807) is 0 Å². The van der Waals surface area contributed by atoms with Crippen molar-refractivity contribution in [3.63, 3.8) is 0 Å². The molecule has 0 aromatic heterocycles. The molecule has 2 nitrogen and oxygen atoms in total. The van der Waals surface area contributed by atoms with Crippen LogP contribution in [0, 0.1) is 0 Å². The van der Waals surface area contributed by atoms with E-state index in [1.165, 1.54) is 0 Å². The maximum absolute atomic E-state index is 11.4. The van der Waals surface area contributed by atoms with Crippen LogP contribution in [0.1, 0.15) is 6.42 Å². The molecular weight excluding hydrogens is 184 g/mol. The Balaban J connectivity index is 3.35. The van der Waals surface area contributed by atoms with Gasteiger partial charge < -0.3 is 4.74 Å². The van der Waals surface area contributed by atoms with Gasteiger partial charge >= 0.3 is 12.1 Å². The standard InChI is InChI=1S/C5H6ClF3O2/c6-3-4(10)11-2-1-5(7,8)9/h1-3H2. The van der Waals surface area contributed by atoms with Crippen molar-refractivity contribution in [1.82, 2.24) is 0 Å². The molecule has 0 saturated carbocycles. The Hall–Kier alpha value is -0.450. The molecular formula is C5H6ClF3O2. The highest BCUT2D eigenvalue weighted by atomic mass is 35.5. The normalized spacial score (nSPS) is 11.3. The number of halogens is 4. The van der Waals surface area contributed by atoms with E-state index in [0.717, 1.165) is 0 Å². The van der Waals surface area contributed by atoms with E-state index in [-0.39, 0.29) is 0 Å². The van der Waals surface area contributed by atoms with Crippen molar-refractivity contribution in [2.45, 2.75) is 12.6 Å². The van der Waals surface area contributed by atoms with Gasteiger partial charge in [-0.25, -0.2) is 0 Å². The molecule has 0 saturated heterocycles. The molecule has 0 fully saturated rings. The number of carbonyl (C=O) groups is 1. The second-order valence-corrected chi connectivity index (χ2v) is 1.99. The van der Waals surface area contributed by atoms with Gasteiger partial charge in [0, 0.05) is 0 Å². The lowest BCUT2D eigenvalue weighted by Crippen LogP contribution is -2.15. The Morgan fingerprint density at radius 1 is 1.45 bits per heavy atom. The number of alkyl halides is 4.